The molecular weight excluding hydrogens is 348 g/mol. The molecule has 0 aliphatic heterocycles. The Morgan fingerprint density at radius 3 is 2.57 bits per heavy atom. The maximum Gasteiger partial charge on any atom is 0.329 e. The second kappa shape index (κ2) is 8.67. The van der Waals surface area contributed by atoms with E-state index in [1.807, 2.05) is 18.2 Å². The van der Waals surface area contributed by atoms with Crippen LogP contribution in [0.4, 0.5) is 0 Å². The topological polar surface area (TPSA) is 44.1 Å². The molecule has 0 N–H and O–H groups in total. The molecule has 0 bridgehead atoms. The number of carbonyl (C=O) groups is 1. The highest BCUT2D eigenvalue weighted by molar-refractivity contribution is 5.81. The van der Waals surface area contributed by atoms with E-state index in [1.54, 1.807) is 0 Å². The lowest BCUT2D eigenvalue weighted by molar-refractivity contribution is -0.161. The zero-order valence-electron chi connectivity index (χ0n) is 18.3. The second-order valence-electron chi connectivity index (χ2n) is 9.23. The summed E-state index contributed by atoms with van der Waals surface area (Å²) in [6, 6.07) is 7.75. The van der Waals surface area contributed by atoms with Crippen LogP contribution in [0.3, 0.4) is 0 Å². The van der Waals surface area contributed by atoms with E-state index in [9.17, 15) is 4.79 Å². The fraction of sp³-hybridized carbons (Fsp3) is 0.667. The molecule has 1 unspecified atom stereocenters. The molecule has 154 valence electrons. The molecule has 4 nitrogen and oxygen atoms in total. The van der Waals surface area contributed by atoms with Crippen molar-refractivity contribution >= 4 is 17.0 Å². The van der Waals surface area contributed by atoms with Crippen LogP contribution < -0.4 is 0 Å². The summed E-state index contributed by atoms with van der Waals surface area (Å²) in [5.74, 6) is 2.59. The van der Waals surface area contributed by atoms with E-state index in [4.69, 9.17) is 9.72 Å². The van der Waals surface area contributed by atoms with Crippen molar-refractivity contribution in [1.29, 1.82) is 0 Å². The largest absolute Gasteiger partial charge is 0.461 e. The summed E-state index contributed by atoms with van der Waals surface area (Å²) >= 11 is 0. The zero-order chi connectivity index (χ0) is 20.4. The Bertz CT molecular complexity index is 808. The van der Waals surface area contributed by atoms with E-state index in [0.717, 1.165) is 36.1 Å². The first-order chi connectivity index (χ1) is 13.3. The SMILES string of the molecule is CCc1nc2ccccc2n1[C@@H](C(=O)OC1C[C@H](C)CC[C@H]1C(C)C)C(C)C. The van der Waals surface area contributed by atoms with Gasteiger partial charge < -0.3 is 9.30 Å². The van der Waals surface area contributed by atoms with Crippen molar-refractivity contribution in [2.75, 3.05) is 0 Å². The van der Waals surface area contributed by atoms with Gasteiger partial charge in [-0.1, -0.05) is 60.1 Å². The van der Waals surface area contributed by atoms with E-state index in [0.29, 0.717) is 17.8 Å². The van der Waals surface area contributed by atoms with E-state index in [1.165, 1.54) is 6.42 Å². The number of rotatable bonds is 6. The number of imidazole rings is 1. The molecule has 2 aromatic rings. The quantitative estimate of drug-likeness (QED) is 0.591. The number of fused-ring (bicyclic) bond motifs is 1. The minimum absolute atomic E-state index is 0.0253. The highest BCUT2D eigenvalue weighted by Gasteiger charge is 2.37. The van der Waals surface area contributed by atoms with Gasteiger partial charge in [-0.15, -0.1) is 0 Å². The molecule has 4 atom stereocenters. The summed E-state index contributed by atoms with van der Waals surface area (Å²) in [7, 11) is 0. The molecule has 28 heavy (non-hydrogen) atoms. The second-order valence-corrected chi connectivity index (χ2v) is 9.23. The number of carbonyl (C=O) groups excluding carboxylic acids is 1. The van der Waals surface area contributed by atoms with Crippen LogP contribution in [0.2, 0.25) is 0 Å². The Kier molecular flexibility index (Phi) is 6.47. The van der Waals surface area contributed by atoms with Gasteiger partial charge in [-0.05, 0) is 48.6 Å². The van der Waals surface area contributed by atoms with Crippen LogP contribution in [0.5, 0.6) is 0 Å². The van der Waals surface area contributed by atoms with Crippen LogP contribution in [0.15, 0.2) is 24.3 Å². The molecule has 0 spiro atoms. The van der Waals surface area contributed by atoms with Crippen LogP contribution in [0, 0.1) is 23.7 Å². The Labute approximate surface area is 169 Å². The Balaban J connectivity index is 1.93. The Hall–Kier alpha value is -1.84. The molecule has 1 aliphatic rings. The van der Waals surface area contributed by atoms with Crippen molar-refractivity contribution in [3.63, 3.8) is 0 Å². The highest BCUT2D eigenvalue weighted by Crippen LogP contribution is 2.37. The lowest BCUT2D eigenvalue weighted by Gasteiger charge is -2.38. The average molecular weight is 385 g/mol. The number of benzene rings is 1. The molecule has 1 aromatic heterocycles. The number of hydrogen-bond acceptors (Lipinski definition) is 3. The van der Waals surface area contributed by atoms with Gasteiger partial charge in [-0.25, -0.2) is 9.78 Å². The van der Waals surface area contributed by atoms with Crippen molar-refractivity contribution in [3.05, 3.63) is 30.1 Å². The van der Waals surface area contributed by atoms with E-state index in [2.05, 4.69) is 52.2 Å². The third-order valence-corrected chi connectivity index (χ3v) is 6.37. The monoisotopic (exact) mass is 384 g/mol. The Morgan fingerprint density at radius 2 is 1.93 bits per heavy atom. The summed E-state index contributed by atoms with van der Waals surface area (Å²) in [5, 5.41) is 0. The van der Waals surface area contributed by atoms with Crippen molar-refractivity contribution in [2.24, 2.45) is 23.7 Å². The summed E-state index contributed by atoms with van der Waals surface area (Å²) in [4.78, 5) is 18.2. The van der Waals surface area contributed by atoms with Gasteiger partial charge in [0.2, 0.25) is 0 Å². The van der Waals surface area contributed by atoms with Crippen molar-refractivity contribution < 1.29 is 9.53 Å². The summed E-state index contributed by atoms with van der Waals surface area (Å²) in [5.41, 5.74) is 1.97. The predicted octanol–water partition coefficient (Wildman–Crippen LogP) is 5.80. The number of esters is 1. The predicted molar refractivity (Wildman–Crippen MR) is 114 cm³/mol. The normalized spacial score (nSPS) is 24.1. The van der Waals surface area contributed by atoms with Gasteiger partial charge in [-0.2, -0.15) is 0 Å². The summed E-state index contributed by atoms with van der Waals surface area (Å²) in [6.45, 7) is 13.1. The molecule has 1 saturated carbocycles. The molecule has 0 radical (unpaired) electrons. The van der Waals surface area contributed by atoms with Gasteiger partial charge in [-0.3, -0.25) is 0 Å². The van der Waals surface area contributed by atoms with Crippen molar-refractivity contribution in [3.8, 4) is 0 Å². The summed E-state index contributed by atoms with van der Waals surface area (Å²) in [6.07, 6.45) is 4.18. The van der Waals surface area contributed by atoms with Crippen LogP contribution in [-0.4, -0.2) is 21.6 Å². The van der Waals surface area contributed by atoms with E-state index in [-0.39, 0.29) is 24.0 Å². The molecule has 1 fully saturated rings. The number of aryl methyl sites for hydroxylation is 1. The zero-order valence-corrected chi connectivity index (χ0v) is 18.3. The molecular formula is C24H36N2O2. The van der Waals surface area contributed by atoms with E-state index < -0.39 is 0 Å². The first kappa shape index (κ1) is 20.9. The smallest absolute Gasteiger partial charge is 0.329 e. The fourth-order valence-electron chi connectivity index (χ4n) is 4.80. The minimum Gasteiger partial charge on any atom is -0.461 e. The van der Waals surface area contributed by atoms with Crippen molar-refractivity contribution in [2.45, 2.75) is 79.4 Å². The lowest BCUT2D eigenvalue weighted by Crippen LogP contribution is -2.39. The molecule has 0 amide bonds. The Morgan fingerprint density at radius 1 is 1.21 bits per heavy atom. The third-order valence-electron chi connectivity index (χ3n) is 6.37. The van der Waals surface area contributed by atoms with Gasteiger partial charge in [0.1, 0.15) is 18.0 Å². The molecule has 1 aromatic carbocycles. The number of hydrogen-bond donors (Lipinski definition) is 0. The standard InChI is InChI=1S/C24H36N2O2/c1-7-22-25-19-10-8-9-11-20(19)26(22)23(16(4)5)24(27)28-21-14-17(6)12-13-18(21)15(2)3/h8-11,15-18,21,23H,7,12-14H2,1-6H3/t17-,18+,21?,23-/m1/s1. The van der Waals surface area contributed by atoms with Crippen LogP contribution >= 0.6 is 0 Å². The fourth-order valence-corrected chi connectivity index (χ4v) is 4.80. The van der Waals surface area contributed by atoms with Crippen LogP contribution in [-0.2, 0) is 16.0 Å². The summed E-state index contributed by atoms with van der Waals surface area (Å²) < 4.78 is 8.37. The minimum atomic E-state index is -0.340. The van der Waals surface area contributed by atoms with E-state index >= 15 is 0 Å². The molecule has 0 saturated heterocycles. The maximum atomic E-state index is 13.5. The first-order valence-corrected chi connectivity index (χ1v) is 11.0. The van der Waals surface area contributed by atoms with Gasteiger partial charge in [0.25, 0.3) is 0 Å². The number of nitrogens with zero attached hydrogens (tertiary/aromatic N) is 2. The van der Waals surface area contributed by atoms with Crippen LogP contribution in [0.25, 0.3) is 11.0 Å². The number of para-hydroxylation sites is 2. The maximum absolute atomic E-state index is 13.5. The molecule has 3 rings (SSSR count). The lowest BCUT2D eigenvalue weighted by atomic mass is 9.75. The van der Waals surface area contributed by atoms with Gasteiger partial charge in [0.15, 0.2) is 0 Å². The van der Waals surface area contributed by atoms with Gasteiger partial charge in [0.05, 0.1) is 11.0 Å². The molecule has 1 heterocycles. The first-order valence-electron chi connectivity index (χ1n) is 11.0. The molecule has 4 heteroatoms. The number of aromatic nitrogens is 2. The van der Waals surface area contributed by atoms with Gasteiger partial charge in [0, 0.05) is 6.42 Å². The average Bonchev–Trinajstić information content (AvgIpc) is 3.00. The van der Waals surface area contributed by atoms with Crippen molar-refractivity contribution in [1.82, 2.24) is 9.55 Å². The number of ether oxygens (including phenoxy) is 1. The van der Waals surface area contributed by atoms with Crippen LogP contribution in [0.1, 0.15) is 72.7 Å². The van der Waals surface area contributed by atoms with Gasteiger partial charge >= 0.3 is 5.97 Å². The third kappa shape index (κ3) is 4.11. The highest BCUT2D eigenvalue weighted by atomic mass is 16.5. The molecule has 1 aliphatic carbocycles.